The van der Waals surface area contributed by atoms with Crippen LogP contribution in [0, 0.1) is 17.0 Å². The van der Waals surface area contributed by atoms with Crippen molar-refractivity contribution in [2.24, 2.45) is 0 Å². The van der Waals surface area contributed by atoms with Crippen LogP contribution < -0.4 is 0 Å². The summed E-state index contributed by atoms with van der Waals surface area (Å²) in [6.07, 6.45) is 3.66. The van der Waals surface area contributed by atoms with Crippen molar-refractivity contribution in [1.29, 1.82) is 0 Å². The molecular formula is C19H15N5O3S. The molecule has 0 spiro atoms. The monoisotopic (exact) mass is 393 g/mol. The average Bonchev–Trinajstić information content (AvgIpc) is 3.36. The van der Waals surface area contributed by atoms with Crippen molar-refractivity contribution in [2.45, 2.75) is 17.8 Å². The molecule has 0 aliphatic heterocycles. The number of imidazole rings is 1. The van der Waals surface area contributed by atoms with Crippen LogP contribution >= 0.6 is 11.8 Å². The second kappa shape index (κ2) is 7.65. The highest BCUT2D eigenvalue weighted by molar-refractivity contribution is 7.98. The van der Waals surface area contributed by atoms with Crippen molar-refractivity contribution < 1.29 is 9.45 Å². The fourth-order valence-corrected chi connectivity index (χ4v) is 3.47. The van der Waals surface area contributed by atoms with Gasteiger partial charge in [-0.15, -0.1) is 0 Å². The van der Waals surface area contributed by atoms with E-state index in [1.54, 1.807) is 18.3 Å². The molecule has 9 heteroatoms. The molecule has 0 radical (unpaired) electrons. The highest BCUT2D eigenvalue weighted by atomic mass is 32.2. The second-order valence-corrected chi connectivity index (χ2v) is 6.97. The highest BCUT2D eigenvalue weighted by Crippen LogP contribution is 2.25. The third-order valence-corrected chi connectivity index (χ3v) is 4.97. The minimum atomic E-state index is -0.446. The molecule has 140 valence electrons. The summed E-state index contributed by atoms with van der Waals surface area (Å²) in [4.78, 5) is 19.1. The van der Waals surface area contributed by atoms with Crippen molar-refractivity contribution in [3.63, 3.8) is 0 Å². The van der Waals surface area contributed by atoms with Crippen molar-refractivity contribution in [3.8, 4) is 17.1 Å². The normalized spacial score (nSPS) is 10.9. The van der Waals surface area contributed by atoms with E-state index in [4.69, 9.17) is 4.52 Å². The van der Waals surface area contributed by atoms with Crippen LogP contribution in [0.25, 0.3) is 17.1 Å². The van der Waals surface area contributed by atoms with Gasteiger partial charge in [0.25, 0.3) is 5.69 Å². The van der Waals surface area contributed by atoms with Gasteiger partial charge in [0.2, 0.25) is 11.7 Å². The molecule has 28 heavy (non-hydrogen) atoms. The summed E-state index contributed by atoms with van der Waals surface area (Å²) in [5.74, 6) is 1.31. The van der Waals surface area contributed by atoms with Gasteiger partial charge in [-0.25, -0.2) is 4.98 Å². The first-order valence-corrected chi connectivity index (χ1v) is 9.39. The van der Waals surface area contributed by atoms with Gasteiger partial charge in [-0.2, -0.15) is 4.98 Å². The molecule has 4 rings (SSSR count). The van der Waals surface area contributed by atoms with Gasteiger partial charge in [0.05, 0.1) is 10.7 Å². The highest BCUT2D eigenvalue weighted by Gasteiger charge is 2.13. The SMILES string of the molecule is Cc1cccc(-n2ccnc2SCc2nc(-c3ccc([N+](=O)[O-])cc3)no2)c1. The number of aryl methyl sites for hydroxylation is 1. The Morgan fingerprint density at radius 1 is 1.21 bits per heavy atom. The minimum absolute atomic E-state index is 0.0195. The van der Waals surface area contributed by atoms with Crippen LogP contribution in [0.4, 0.5) is 5.69 Å². The van der Waals surface area contributed by atoms with Gasteiger partial charge in [-0.1, -0.05) is 29.1 Å². The number of aromatic nitrogens is 4. The predicted molar refractivity (Wildman–Crippen MR) is 104 cm³/mol. The number of nitro benzene ring substituents is 1. The Hall–Kier alpha value is -3.46. The van der Waals surface area contributed by atoms with Crippen molar-refractivity contribution >= 4 is 17.4 Å². The molecular weight excluding hydrogens is 378 g/mol. The molecule has 2 aromatic heterocycles. The Morgan fingerprint density at radius 2 is 2.04 bits per heavy atom. The summed E-state index contributed by atoms with van der Waals surface area (Å²) >= 11 is 1.49. The van der Waals surface area contributed by atoms with Crippen LogP contribution in [0.5, 0.6) is 0 Å². The number of nitro groups is 1. The summed E-state index contributed by atoms with van der Waals surface area (Å²) in [7, 11) is 0. The van der Waals surface area contributed by atoms with Crippen LogP contribution in [0.15, 0.2) is 70.6 Å². The van der Waals surface area contributed by atoms with Crippen molar-refractivity contribution in [2.75, 3.05) is 0 Å². The standard InChI is InChI=1S/C19H15N5O3S/c1-13-3-2-4-16(11-13)23-10-9-20-19(23)28-12-17-21-18(22-27-17)14-5-7-15(8-6-14)24(25)26/h2-11H,12H2,1H3. The maximum Gasteiger partial charge on any atom is 0.269 e. The molecule has 2 aromatic carbocycles. The molecule has 8 nitrogen and oxygen atoms in total. The van der Waals surface area contributed by atoms with E-state index >= 15 is 0 Å². The van der Waals surface area contributed by atoms with E-state index in [-0.39, 0.29) is 5.69 Å². The third kappa shape index (κ3) is 3.79. The molecule has 0 aliphatic carbocycles. The molecule has 0 saturated heterocycles. The van der Waals surface area contributed by atoms with E-state index in [2.05, 4.69) is 21.2 Å². The Kier molecular flexibility index (Phi) is 4.90. The first kappa shape index (κ1) is 17.9. The molecule has 0 aliphatic rings. The van der Waals surface area contributed by atoms with Crippen LogP contribution in [0.2, 0.25) is 0 Å². The van der Waals surface area contributed by atoms with E-state index in [9.17, 15) is 10.1 Å². The van der Waals surface area contributed by atoms with E-state index in [0.29, 0.717) is 23.0 Å². The first-order chi connectivity index (χ1) is 13.6. The fourth-order valence-electron chi connectivity index (χ4n) is 2.66. The maximum atomic E-state index is 10.7. The van der Waals surface area contributed by atoms with E-state index < -0.39 is 4.92 Å². The van der Waals surface area contributed by atoms with E-state index in [0.717, 1.165) is 10.8 Å². The zero-order chi connectivity index (χ0) is 19.5. The molecule has 0 atom stereocenters. The van der Waals surface area contributed by atoms with Gasteiger partial charge in [0, 0.05) is 35.8 Å². The molecule has 0 bridgehead atoms. The number of benzene rings is 2. The van der Waals surface area contributed by atoms with E-state index in [1.807, 2.05) is 35.9 Å². The molecule has 4 aromatic rings. The Labute approximate surface area is 164 Å². The number of non-ortho nitro benzene ring substituents is 1. The number of hydrogen-bond donors (Lipinski definition) is 0. The summed E-state index contributed by atoms with van der Waals surface area (Å²) in [6, 6.07) is 14.2. The lowest BCUT2D eigenvalue weighted by molar-refractivity contribution is -0.384. The third-order valence-electron chi connectivity index (χ3n) is 4.02. The number of hydrogen-bond acceptors (Lipinski definition) is 7. The molecule has 0 amide bonds. The summed E-state index contributed by atoms with van der Waals surface area (Å²) in [5, 5.41) is 15.5. The summed E-state index contributed by atoms with van der Waals surface area (Å²) in [5.41, 5.74) is 2.89. The first-order valence-electron chi connectivity index (χ1n) is 8.41. The summed E-state index contributed by atoms with van der Waals surface area (Å²) in [6.45, 7) is 2.05. The molecule has 2 heterocycles. The molecule has 0 fully saturated rings. The fraction of sp³-hybridized carbons (Fsp3) is 0.105. The zero-order valence-electron chi connectivity index (χ0n) is 14.8. The molecule has 0 saturated carbocycles. The minimum Gasteiger partial charge on any atom is -0.338 e. The largest absolute Gasteiger partial charge is 0.338 e. The van der Waals surface area contributed by atoms with Crippen LogP contribution in [0.1, 0.15) is 11.5 Å². The van der Waals surface area contributed by atoms with Gasteiger partial charge in [-0.05, 0) is 36.8 Å². The van der Waals surface area contributed by atoms with Gasteiger partial charge in [-0.3, -0.25) is 14.7 Å². The topological polar surface area (TPSA) is 99.9 Å². The number of thioether (sulfide) groups is 1. The van der Waals surface area contributed by atoms with Crippen molar-refractivity contribution in [1.82, 2.24) is 19.7 Å². The molecule has 0 unspecified atom stereocenters. The van der Waals surface area contributed by atoms with Crippen molar-refractivity contribution in [3.05, 3.63) is 82.5 Å². The maximum absolute atomic E-state index is 10.7. The number of nitrogens with zero attached hydrogens (tertiary/aromatic N) is 5. The van der Waals surface area contributed by atoms with Crippen LogP contribution in [0.3, 0.4) is 0 Å². The lowest BCUT2D eigenvalue weighted by atomic mass is 10.2. The van der Waals surface area contributed by atoms with E-state index in [1.165, 1.54) is 29.5 Å². The van der Waals surface area contributed by atoms with Crippen LogP contribution in [-0.2, 0) is 5.75 Å². The Balaban J connectivity index is 1.47. The van der Waals surface area contributed by atoms with Gasteiger partial charge in [0.1, 0.15) is 0 Å². The average molecular weight is 393 g/mol. The van der Waals surface area contributed by atoms with Gasteiger partial charge in [0.15, 0.2) is 5.16 Å². The van der Waals surface area contributed by atoms with Gasteiger partial charge >= 0.3 is 0 Å². The zero-order valence-corrected chi connectivity index (χ0v) is 15.7. The predicted octanol–water partition coefficient (Wildman–Crippen LogP) is 4.43. The molecule has 0 N–H and O–H groups in total. The Morgan fingerprint density at radius 3 is 2.79 bits per heavy atom. The quantitative estimate of drug-likeness (QED) is 0.271. The lowest BCUT2D eigenvalue weighted by Crippen LogP contribution is -1.95. The van der Waals surface area contributed by atoms with Crippen LogP contribution in [-0.4, -0.2) is 24.6 Å². The number of rotatable bonds is 6. The summed E-state index contributed by atoms with van der Waals surface area (Å²) < 4.78 is 7.31. The second-order valence-electron chi connectivity index (χ2n) is 6.02. The Bertz CT molecular complexity index is 1120. The van der Waals surface area contributed by atoms with Gasteiger partial charge < -0.3 is 4.52 Å². The smallest absolute Gasteiger partial charge is 0.269 e. The lowest BCUT2D eigenvalue weighted by Gasteiger charge is -2.07.